The summed E-state index contributed by atoms with van der Waals surface area (Å²) >= 11 is 0. The highest BCUT2D eigenvalue weighted by atomic mass is 16.4. The van der Waals surface area contributed by atoms with Crippen LogP contribution in [0.3, 0.4) is 0 Å². The third-order valence-electron chi connectivity index (χ3n) is 11.4. The molecule has 5 aliphatic carbocycles. The van der Waals surface area contributed by atoms with E-state index in [2.05, 4.69) is 20.8 Å². The van der Waals surface area contributed by atoms with Crippen LogP contribution < -0.4 is 0 Å². The molecule has 184 valence electrons. The first-order valence-electron chi connectivity index (χ1n) is 13.9. The van der Waals surface area contributed by atoms with Crippen molar-refractivity contribution in [3.05, 3.63) is 0 Å². The first-order valence-corrected chi connectivity index (χ1v) is 13.9. The number of aliphatic carboxylic acids is 1. The zero-order valence-electron chi connectivity index (χ0n) is 21.2. The van der Waals surface area contributed by atoms with Gasteiger partial charge in [-0.1, -0.05) is 40.0 Å². The lowest BCUT2D eigenvalue weighted by molar-refractivity contribution is -0.138. The molecule has 1 unspecified atom stereocenters. The molecular weight excluding hydrogens is 396 g/mol. The monoisotopic (exact) mass is 446 g/mol. The van der Waals surface area contributed by atoms with E-state index in [9.17, 15) is 9.59 Å². The van der Waals surface area contributed by atoms with Crippen molar-refractivity contribution in [2.24, 2.45) is 52.3 Å². The summed E-state index contributed by atoms with van der Waals surface area (Å²) in [5.74, 6) is 5.35. The van der Waals surface area contributed by atoms with Crippen LogP contribution in [0.4, 0.5) is 0 Å². The minimum Gasteiger partial charge on any atom is -0.481 e. The summed E-state index contributed by atoms with van der Waals surface area (Å²) in [4.78, 5) is 22.3. The standard InChI is InChI=1S/C22H36O.C7H12O2.H2/c1-14-9-11-21(3)16(13-14)5-6-17-19-8-7-18(15(2)23)22(19,4)12-10-20(17)21;8-7(9)5-6-3-1-2-4-6;/h14,16-20H,5-13H2,1-4H3;6H,1-5H2,(H,8,9);1H/t14-,16?,17-,18+,19-,20-,21-,22+;;/m0../s1. The number of fused-ring (bicyclic) bond motifs is 5. The van der Waals surface area contributed by atoms with Crippen molar-refractivity contribution < 1.29 is 16.1 Å². The van der Waals surface area contributed by atoms with Crippen molar-refractivity contribution in [2.75, 3.05) is 0 Å². The van der Waals surface area contributed by atoms with E-state index in [1.807, 2.05) is 6.92 Å². The smallest absolute Gasteiger partial charge is 0.303 e. The number of carboxylic acid groups (broad SMARTS) is 1. The van der Waals surface area contributed by atoms with E-state index in [0.29, 0.717) is 34.9 Å². The lowest BCUT2D eigenvalue weighted by atomic mass is 9.44. The molecule has 0 aromatic rings. The van der Waals surface area contributed by atoms with Gasteiger partial charge >= 0.3 is 5.97 Å². The van der Waals surface area contributed by atoms with Crippen molar-refractivity contribution >= 4 is 11.8 Å². The highest BCUT2D eigenvalue weighted by Crippen LogP contribution is 2.67. The molecule has 5 rings (SSSR count). The molecule has 0 aromatic heterocycles. The van der Waals surface area contributed by atoms with Crippen LogP contribution in [-0.4, -0.2) is 16.9 Å². The number of hydrogen-bond donors (Lipinski definition) is 1. The number of Topliss-reactive ketones (excluding diaryl/α,β-unsaturated/α-hetero) is 1. The summed E-state index contributed by atoms with van der Waals surface area (Å²) in [6, 6.07) is 0. The number of carboxylic acids is 1. The predicted molar refractivity (Wildman–Crippen MR) is 131 cm³/mol. The number of ketones is 1. The molecular formula is C29H50O3. The molecule has 5 saturated carbocycles. The van der Waals surface area contributed by atoms with Gasteiger partial charge in [0.1, 0.15) is 5.78 Å². The van der Waals surface area contributed by atoms with E-state index >= 15 is 0 Å². The molecule has 5 fully saturated rings. The van der Waals surface area contributed by atoms with E-state index in [-0.39, 0.29) is 1.43 Å². The van der Waals surface area contributed by atoms with Gasteiger partial charge in [-0.15, -0.1) is 0 Å². The second-order valence-corrected chi connectivity index (χ2v) is 13.1. The van der Waals surface area contributed by atoms with Crippen LogP contribution in [0.15, 0.2) is 0 Å². The van der Waals surface area contributed by atoms with Crippen LogP contribution >= 0.6 is 0 Å². The maximum Gasteiger partial charge on any atom is 0.303 e. The molecule has 3 heteroatoms. The second-order valence-electron chi connectivity index (χ2n) is 13.1. The molecule has 1 N–H and O–H groups in total. The van der Waals surface area contributed by atoms with Crippen LogP contribution in [0, 0.1) is 52.3 Å². The van der Waals surface area contributed by atoms with Gasteiger partial charge in [0.2, 0.25) is 0 Å². The molecule has 0 aliphatic heterocycles. The summed E-state index contributed by atoms with van der Waals surface area (Å²) in [6.07, 6.45) is 17.7. The summed E-state index contributed by atoms with van der Waals surface area (Å²) in [7, 11) is 0. The number of carbonyl (C=O) groups excluding carboxylic acids is 1. The van der Waals surface area contributed by atoms with E-state index in [0.717, 1.165) is 42.4 Å². The predicted octanol–water partition coefficient (Wildman–Crippen LogP) is 7.77. The van der Waals surface area contributed by atoms with Gasteiger partial charge in [0.25, 0.3) is 0 Å². The maximum atomic E-state index is 12.2. The summed E-state index contributed by atoms with van der Waals surface area (Å²) in [6.45, 7) is 9.45. The SMILES string of the molecule is CC(=O)[C@H]1CC[C@H]2[C@@H]3CCC4C[C@@H](C)CC[C@]4(C)[C@H]3CC[C@]12C.O=C(O)CC1CCCC1.[HH]. The Morgan fingerprint density at radius 1 is 0.875 bits per heavy atom. The normalized spacial score (nSPS) is 45.8. The highest BCUT2D eigenvalue weighted by molar-refractivity contribution is 5.79. The van der Waals surface area contributed by atoms with Crippen molar-refractivity contribution in [3.8, 4) is 0 Å². The third-order valence-corrected chi connectivity index (χ3v) is 11.4. The largest absolute Gasteiger partial charge is 0.481 e. The molecule has 0 heterocycles. The van der Waals surface area contributed by atoms with Crippen LogP contribution in [0.25, 0.3) is 0 Å². The van der Waals surface area contributed by atoms with Crippen molar-refractivity contribution in [1.82, 2.24) is 0 Å². The van der Waals surface area contributed by atoms with Crippen LogP contribution in [-0.2, 0) is 9.59 Å². The molecule has 0 amide bonds. The topological polar surface area (TPSA) is 54.4 Å². The van der Waals surface area contributed by atoms with Gasteiger partial charge in [-0.3, -0.25) is 9.59 Å². The van der Waals surface area contributed by atoms with E-state index in [1.165, 1.54) is 70.6 Å². The Kier molecular flexibility index (Phi) is 7.14. The van der Waals surface area contributed by atoms with Gasteiger partial charge in [-0.25, -0.2) is 0 Å². The number of rotatable bonds is 3. The number of carbonyl (C=O) groups is 2. The fourth-order valence-corrected chi connectivity index (χ4v) is 9.60. The lowest BCUT2D eigenvalue weighted by Crippen LogP contribution is -2.53. The molecule has 0 bridgehead atoms. The Balaban J connectivity index is 0.000000260. The van der Waals surface area contributed by atoms with Crippen molar-refractivity contribution in [3.63, 3.8) is 0 Å². The zero-order valence-corrected chi connectivity index (χ0v) is 21.2. The van der Waals surface area contributed by atoms with Crippen LogP contribution in [0.1, 0.15) is 119 Å². The Labute approximate surface area is 198 Å². The Bertz CT molecular complexity index is 701. The van der Waals surface area contributed by atoms with Crippen molar-refractivity contribution in [2.45, 2.75) is 118 Å². The first-order chi connectivity index (χ1) is 15.1. The molecule has 0 saturated heterocycles. The summed E-state index contributed by atoms with van der Waals surface area (Å²) < 4.78 is 0. The quantitative estimate of drug-likeness (QED) is 0.482. The third kappa shape index (κ3) is 4.43. The molecule has 0 aromatic carbocycles. The van der Waals surface area contributed by atoms with Crippen LogP contribution in [0.5, 0.6) is 0 Å². The second kappa shape index (κ2) is 9.41. The maximum absolute atomic E-state index is 12.2. The van der Waals surface area contributed by atoms with Gasteiger partial charge in [0.05, 0.1) is 0 Å². The Morgan fingerprint density at radius 3 is 2.19 bits per heavy atom. The van der Waals surface area contributed by atoms with E-state index in [4.69, 9.17) is 5.11 Å². The molecule has 0 radical (unpaired) electrons. The van der Waals surface area contributed by atoms with Gasteiger partial charge in [0, 0.05) is 13.8 Å². The fraction of sp³-hybridized carbons (Fsp3) is 0.931. The number of hydrogen-bond acceptors (Lipinski definition) is 2. The molecule has 5 aliphatic rings. The highest BCUT2D eigenvalue weighted by Gasteiger charge is 2.60. The van der Waals surface area contributed by atoms with Crippen LogP contribution in [0.2, 0.25) is 0 Å². The van der Waals surface area contributed by atoms with Crippen molar-refractivity contribution in [1.29, 1.82) is 0 Å². The Morgan fingerprint density at radius 2 is 1.53 bits per heavy atom. The van der Waals surface area contributed by atoms with E-state index < -0.39 is 5.97 Å². The fourth-order valence-electron chi connectivity index (χ4n) is 9.60. The average molecular weight is 447 g/mol. The van der Waals surface area contributed by atoms with E-state index in [1.54, 1.807) is 0 Å². The Hall–Kier alpha value is -0.860. The first kappa shape index (κ1) is 24.3. The average Bonchev–Trinajstić information content (AvgIpc) is 3.35. The minimum atomic E-state index is -0.637. The molecule has 0 spiro atoms. The van der Waals surface area contributed by atoms with Gasteiger partial charge in [-0.05, 0) is 117 Å². The van der Waals surface area contributed by atoms with Gasteiger partial charge in [0.15, 0.2) is 0 Å². The van der Waals surface area contributed by atoms with Gasteiger partial charge < -0.3 is 5.11 Å². The minimum absolute atomic E-state index is 0. The lowest BCUT2D eigenvalue weighted by Gasteiger charge is -2.61. The van der Waals surface area contributed by atoms with Gasteiger partial charge in [-0.2, -0.15) is 0 Å². The molecule has 3 nitrogen and oxygen atoms in total. The molecule has 8 atom stereocenters. The summed E-state index contributed by atoms with van der Waals surface area (Å²) in [5.41, 5.74) is 0.948. The molecule has 32 heavy (non-hydrogen) atoms. The zero-order chi connectivity index (χ0) is 23.1. The summed E-state index contributed by atoms with van der Waals surface area (Å²) in [5, 5.41) is 8.37.